The topological polar surface area (TPSA) is 58.2 Å². The summed E-state index contributed by atoms with van der Waals surface area (Å²) in [5.41, 5.74) is 2.06. The molecule has 1 atom stereocenters. The van der Waals surface area contributed by atoms with Gasteiger partial charge in [-0.15, -0.1) is 0 Å². The maximum atomic E-state index is 12.7. The zero-order chi connectivity index (χ0) is 21.4. The third kappa shape index (κ3) is 6.31. The van der Waals surface area contributed by atoms with E-state index in [1.165, 1.54) is 23.6 Å². The molecule has 0 aliphatic rings. The van der Waals surface area contributed by atoms with E-state index in [-0.39, 0.29) is 6.04 Å². The van der Waals surface area contributed by atoms with Crippen molar-refractivity contribution in [3.8, 4) is 0 Å². The molecule has 0 heterocycles. The van der Waals surface area contributed by atoms with Crippen LogP contribution >= 0.6 is 0 Å². The third-order valence-electron chi connectivity index (χ3n) is 5.38. The monoisotopic (exact) mass is 424 g/mol. The molecule has 2 N–H and O–H groups in total. The predicted octanol–water partition coefficient (Wildman–Crippen LogP) is 5.88. The summed E-state index contributed by atoms with van der Waals surface area (Å²) in [5.74, 6) is 0. The minimum atomic E-state index is -3.52. The fraction of sp³-hybridized carbons (Fsp3) is 0.360. The third-order valence-corrected chi connectivity index (χ3v) is 6.82. The molecule has 3 aromatic carbocycles. The van der Waals surface area contributed by atoms with E-state index >= 15 is 0 Å². The van der Waals surface area contributed by atoms with E-state index in [0.29, 0.717) is 11.4 Å². The molecule has 0 radical (unpaired) electrons. The van der Waals surface area contributed by atoms with Crippen molar-refractivity contribution in [3.05, 3.63) is 72.3 Å². The molecular formula is C25H32N2O2S. The first kappa shape index (κ1) is 22.3. The lowest BCUT2D eigenvalue weighted by Gasteiger charge is -2.21. The highest BCUT2D eigenvalue weighted by Crippen LogP contribution is 2.21. The van der Waals surface area contributed by atoms with Gasteiger partial charge in [-0.1, -0.05) is 80.6 Å². The molecule has 0 spiro atoms. The molecular weight excluding hydrogens is 392 g/mol. The zero-order valence-electron chi connectivity index (χ0n) is 17.9. The van der Waals surface area contributed by atoms with Crippen LogP contribution in [0.15, 0.2) is 71.6 Å². The van der Waals surface area contributed by atoms with Gasteiger partial charge in [0.1, 0.15) is 0 Å². The highest BCUT2D eigenvalue weighted by molar-refractivity contribution is 7.89. The molecule has 0 aliphatic heterocycles. The molecule has 0 aromatic heterocycles. The number of nitrogens with one attached hydrogen (secondary N) is 2. The normalized spacial score (nSPS) is 12.7. The summed E-state index contributed by atoms with van der Waals surface area (Å²) in [6.07, 6.45) is 5.55. The largest absolute Gasteiger partial charge is 0.381 e. The standard InChI is InChI=1S/C25H32N2O2S/c1-3-4-5-6-11-24(19-26-30(28,29)25-16-12-20(2)13-17-25)27-23-15-14-21-9-7-8-10-22(21)18-23/h7-10,12-18,24,26-27H,3-6,11,19H2,1-2H3/t24-/m1/s1. The highest BCUT2D eigenvalue weighted by Gasteiger charge is 2.17. The van der Waals surface area contributed by atoms with Crippen molar-refractivity contribution in [2.24, 2.45) is 0 Å². The Balaban J connectivity index is 1.69. The summed E-state index contributed by atoms with van der Waals surface area (Å²) in [7, 11) is -3.52. The Bertz CT molecular complexity index is 1050. The van der Waals surface area contributed by atoms with Crippen molar-refractivity contribution >= 4 is 26.5 Å². The fourth-order valence-corrected chi connectivity index (χ4v) is 4.65. The average Bonchev–Trinajstić information content (AvgIpc) is 2.75. The molecule has 0 saturated heterocycles. The van der Waals surface area contributed by atoms with Crippen LogP contribution in [0.2, 0.25) is 0 Å². The van der Waals surface area contributed by atoms with Crippen LogP contribution in [0.25, 0.3) is 10.8 Å². The Morgan fingerprint density at radius 1 is 0.867 bits per heavy atom. The lowest BCUT2D eigenvalue weighted by molar-refractivity contribution is 0.545. The SMILES string of the molecule is CCCCCC[C@H](CNS(=O)(=O)c1ccc(C)cc1)Nc1ccc2ccccc2c1. The summed E-state index contributed by atoms with van der Waals surface area (Å²) in [4.78, 5) is 0.309. The Morgan fingerprint density at radius 3 is 2.33 bits per heavy atom. The second kappa shape index (κ2) is 10.6. The summed E-state index contributed by atoms with van der Waals surface area (Å²) in [5, 5.41) is 5.92. The van der Waals surface area contributed by atoms with Crippen LogP contribution in [0.4, 0.5) is 5.69 Å². The maximum Gasteiger partial charge on any atom is 0.240 e. The lowest BCUT2D eigenvalue weighted by Crippen LogP contribution is -2.36. The summed E-state index contributed by atoms with van der Waals surface area (Å²) in [6.45, 7) is 4.50. The van der Waals surface area contributed by atoms with E-state index in [0.717, 1.165) is 30.5 Å². The van der Waals surface area contributed by atoms with Gasteiger partial charge in [0.2, 0.25) is 10.0 Å². The van der Waals surface area contributed by atoms with Crippen molar-refractivity contribution in [3.63, 3.8) is 0 Å². The first-order valence-electron chi connectivity index (χ1n) is 10.8. The van der Waals surface area contributed by atoms with Crippen molar-refractivity contribution < 1.29 is 8.42 Å². The van der Waals surface area contributed by atoms with Gasteiger partial charge in [-0.2, -0.15) is 0 Å². The van der Waals surface area contributed by atoms with Crippen LogP contribution < -0.4 is 10.0 Å². The van der Waals surface area contributed by atoms with Crippen LogP contribution in [0.1, 0.15) is 44.6 Å². The van der Waals surface area contributed by atoms with Gasteiger partial charge in [0, 0.05) is 18.3 Å². The number of unbranched alkanes of at least 4 members (excludes halogenated alkanes) is 3. The number of hydrogen-bond donors (Lipinski definition) is 2. The number of rotatable bonds is 11. The van der Waals surface area contributed by atoms with Gasteiger partial charge >= 0.3 is 0 Å². The molecule has 3 rings (SSSR count). The predicted molar refractivity (Wildman–Crippen MR) is 126 cm³/mol. The van der Waals surface area contributed by atoms with E-state index in [9.17, 15) is 8.42 Å². The Labute approximate surface area is 180 Å². The van der Waals surface area contributed by atoms with Crippen LogP contribution in [0, 0.1) is 6.92 Å². The number of benzene rings is 3. The molecule has 160 valence electrons. The quantitative estimate of drug-likeness (QED) is 0.378. The number of sulfonamides is 1. The Hall–Kier alpha value is -2.37. The van der Waals surface area contributed by atoms with Crippen LogP contribution in [0.3, 0.4) is 0 Å². The van der Waals surface area contributed by atoms with E-state index in [2.05, 4.69) is 47.3 Å². The van der Waals surface area contributed by atoms with Crippen molar-refractivity contribution in [1.82, 2.24) is 4.72 Å². The number of aryl methyl sites for hydroxylation is 1. The van der Waals surface area contributed by atoms with Gasteiger partial charge in [0.05, 0.1) is 4.90 Å². The molecule has 4 nitrogen and oxygen atoms in total. The summed E-state index contributed by atoms with van der Waals surface area (Å²) < 4.78 is 28.2. The number of hydrogen-bond acceptors (Lipinski definition) is 3. The molecule has 0 unspecified atom stereocenters. The van der Waals surface area contributed by atoms with Gasteiger partial charge < -0.3 is 5.32 Å². The molecule has 0 saturated carbocycles. The average molecular weight is 425 g/mol. The maximum absolute atomic E-state index is 12.7. The van der Waals surface area contributed by atoms with Gasteiger partial charge in [0.15, 0.2) is 0 Å². The van der Waals surface area contributed by atoms with Gasteiger partial charge in [-0.3, -0.25) is 0 Å². The summed E-state index contributed by atoms with van der Waals surface area (Å²) >= 11 is 0. The lowest BCUT2D eigenvalue weighted by atomic mass is 10.1. The number of fused-ring (bicyclic) bond motifs is 1. The van der Waals surface area contributed by atoms with E-state index in [1.807, 2.05) is 31.2 Å². The molecule has 0 aliphatic carbocycles. The first-order chi connectivity index (χ1) is 14.5. The van der Waals surface area contributed by atoms with E-state index in [1.54, 1.807) is 12.1 Å². The first-order valence-corrected chi connectivity index (χ1v) is 12.3. The molecule has 0 fully saturated rings. The van der Waals surface area contributed by atoms with Crippen LogP contribution in [0.5, 0.6) is 0 Å². The molecule has 30 heavy (non-hydrogen) atoms. The van der Waals surface area contributed by atoms with E-state index < -0.39 is 10.0 Å². The van der Waals surface area contributed by atoms with Crippen molar-refractivity contribution in [2.45, 2.75) is 56.9 Å². The van der Waals surface area contributed by atoms with Gasteiger partial charge in [-0.25, -0.2) is 13.1 Å². The Morgan fingerprint density at radius 2 is 1.60 bits per heavy atom. The van der Waals surface area contributed by atoms with E-state index in [4.69, 9.17) is 0 Å². The minimum Gasteiger partial charge on any atom is -0.381 e. The van der Waals surface area contributed by atoms with Gasteiger partial charge in [-0.05, 0) is 48.4 Å². The van der Waals surface area contributed by atoms with Crippen molar-refractivity contribution in [2.75, 3.05) is 11.9 Å². The van der Waals surface area contributed by atoms with Crippen LogP contribution in [-0.4, -0.2) is 21.0 Å². The smallest absolute Gasteiger partial charge is 0.240 e. The summed E-state index contributed by atoms with van der Waals surface area (Å²) in [6, 6.07) is 21.5. The van der Waals surface area contributed by atoms with Crippen LogP contribution in [-0.2, 0) is 10.0 Å². The van der Waals surface area contributed by atoms with Gasteiger partial charge in [0.25, 0.3) is 0 Å². The molecule has 0 amide bonds. The molecule has 5 heteroatoms. The minimum absolute atomic E-state index is 0.0308. The fourth-order valence-electron chi connectivity index (χ4n) is 3.57. The Kier molecular flexibility index (Phi) is 7.88. The molecule has 3 aromatic rings. The molecule has 0 bridgehead atoms. The second-order valence-electron chi connectivity index (χ2n) is 7.92. The highest BCUT2D eigenvalue weighted by atomic mass is 32.2. The second-order valence-corrected chi connectivity index (χ2v) is 9.68. The zero-order valence-corrected chi connectivity index (χ0v) is 18.7. The van der Waals surface area contributed by atoms with Crippen molar-refractivity contribution in [1.29, 1.82) is 0 Å². The number of anilines is 1.